The maximum atomic E-state index is 14.4. The standard InChI is InChI=1S/C26H24FN5O4S2/c1-16-5-4-9-31-22(16)28-23(30-13-11-29(12-14-30)19-7-3-2-6-18(19)27)17(24(31)35)15-20-25(36)32(26(37)38-20)10-8-21(33)34/h2-7,9,15H,8,10-14H2,1H3,(H,33,34)/b20-15+. The van der Waals surface area contributed by atoms with Crippen LogP contribution in [0.5, 0.6) is 0 Å². The van der Waals surface area contributed by atoms with Crippen molar-refractivity contribution in [3.8, 4) is 0 Å². The average Bonchev–Trinajstić information content (AvgIpc) is 3.17. The number of carboxylic acids is 1. The summed E-state index contributed by atoms with van der Waals surface area (Å²) in [6, 6.07) is 10.3. The van der Waals surface area contributed by atoms with Gasteiger partial charge in [-0.2, -0.15) is 0 Å². The van der Waals surface area contributed by atoms with E-state index in [2.05, 4.69) is 0 Å². The number of nitrogens with zero attached hydrogens (tertiary/aromatic N) is 5. The van der Waals surface area contributed by atoms with Crippen LogP contribution in [-0.4, -0.2) is 68.3 Å². The van der Waals surface area contributed by atoms with Gasteiger partial charge in [-0.25, -0.2) is 9.37 Å². The van der Waals surface area contributed by atoms with Gasteiger partial charge < -0.3 is 14.9 Å². The molecule has 0 aliphatic carbocycles. The molecule has 1 amide bonds. The van der Waals surface area contributed by atoms with Crippen LogP contribution in [0.3, 0.4) is 0 Å². The molecule has 0 unspecified atom stereocenters. The van der Waals surface area contributed by atoms with E-state index in [1.807, 2.05) is 22.8 Å². The number of carboxylic acid groups (broad SMARTS) is 1. The zero-order valence-electron chi connectivity index (χ0n) is 20.5. The number of benzene rings is 1. The zero-order valence-corrected chi connectivity index (χ0v) is 22.1. The first-order valence-electron chi connectivity index (χ1n) is 12.0. The molecule has 38 heavy (non-hydrogen) atoms. The Bertz CT molecular complexity index is 1550. The Morgan fingerprint density at radius 2 is 1.84 bits per heavy atom. The molecule has 9 nitrogen and oxygen atoms in total. The van der Waals surface area contributed by atoms with Crippen LogP contribution in [0.25, 0.3) is 11.7 Å². The van der Waals surface area contributed by atoms with Crippen LogP contribution in [0, 0.1) is 12.7 Å². The largest absolute Gasteiger partial charge is 0.481 e. The predicted octanol–water partition coefficient (Wildman–Crippen LogP) is 3.14. The number of aliphatic carboxylic acids is 1. The molecule has 1 N–H and O–H groups in total. The van der Waals surface area contributed by atoms with Gasteiger partial charge in [0.2, 0.25) is 0 Å². The number of aromatic nitrogens is 2. The highest BCUT2D eigenvalue weighted by Crippen LogP contribution is 2.34. The Kier molecular flexibility index (Phi) is 7.17. The minimum absolute atomic E-state index is 0.0453. The topological polar surface area (TPSA) is 98.5 Å². The number of carbonyl (C=O) groups is 2. The minimum Gasteiger partial charge on any atom is -0.481 e. The van der Waals surface area contributed by atoms with Gasteiger partial charge in [0.25, 0.3) is 11.5 Å². The van der Waals surface area contributed by atoms with Gasteiger partial charge in [0.15, 0.2) is 0 Å². The number of aryl methyl sites for hydroxylation is 1. The lowest BCUT2D eigenvalue weighted by Crippen LogP contribution is -2.47. The van der Waals surface area contributed by atoms with Crippen molar-refractivity contribution in [2.24, 2.45) is 0 Å². The molecule has 5 rings (SSSR count). The Morgan fingerprint density at radius 1 is 1.13 bits per heavy atom. The second kappa shape index (κ2) is 10.5. The van der Waals surface area contributed by atoms with Crippen molar-refractivity contribution in [1.82, 2.24) is 14.3 Å². The van der Waals surface area contributed by atoms with Crippen molar-refractivity contribution in [2.45, 2.75) is 13.3 Å². The summed E-state index contributed by atoms with van der Waals surface area (Å²) in [7, 11) is 0. The molecule has 2 saturated heterocycles. The lowest BCUT2D eigenvalue weighted by Gasteiger charge is -2.37. The number of anilines is 2. The van der Waals surface area contributed by atoms with Gasteiger partial charge in [-0.1, -0.05) is 42.2 Å². The summed E-state index contributed by atoms with van der Waals surface area (Å²) in [5.74, 6) is -1.32. The van der Waals surface area contributed by atoms with E-state index in [-0.39, 0.29) is 39.1 Å². The maximum absolute atomic E-state index is 14.4. The zero-order chi connectivity index (χ0) is 27.0. The van der Waals surface area contributed by atoms with Crippen molar-refractivity contribution < 1.29 is 19.1 Å². The third kappa shape index (κ3) is 4.88. The third-order valence-corrected chi connectivity index (χ3v) is 7.91. The van der Waals surface area contributed by atoms with Gasteiger partial charge in [0.1, 0.15) is 21.6 Å². The number of fused-ring (bicyclic) bond motifs is 1. The van der Waals surface area contributed by atoms with E-state index < -0.39 is 11.9 Å². The molecule has 0 atom stereocenters. The van der Waals surface area contributed by atoms with Crippen molar-refractivity contribution >= 4 is 63.4 Å². The molecule has 3 aromatic rings. The molecule has 0 bridgehead atoms. The van der Waals surface area contributed by atoms with Crippen LogP contribution in [0.15, 0.2) is 52.3 Å². The van der Waals surface area contributed by atoms with Gasteiger partial charge in [-0.3, -0.25) is 23.7 Å². The number of piperazine rings is 1. The number of thiocarbonyl (C=S) groups is 1. The normalized spacial score (nSPS) is 17.2. The molecule has 2 aromatic heterocycles. The lowest BCUT2D eigenvalue weighted by atomic mass is 10.2. The Hall–Kier alpha value is -3.77. The quantitative estimate of drug-likeness (QED) is 0.365. The first-order valence-corrected chi connectivity index (χ1v) is 13.2. The van der Waals surface area contributed by atoms with E-state index in [4.69, 9.17) is 22.3 Å². The number of para-hydroxylation sites is 1. The smallest absolute Gasteiger partial charge is 0.305 e. The number of halogens is 1. The van der Waals surface area contributed by atoms with E-state index in [9.17, 15) is 18.8 Å². The van der Waals surface area contributed by atoms with Crippen LogP contribution in [0.1, 0.15) is 17.5 Å². The lowest BCUT2D eigenvalue weighted by molar-refractivity contribution is -0.137. The van der Waals surface area contributed by atoms with Crippen LogP contribution < -0.4 is 15.4 Å². The molecule has 0 saturated carbocycles. The van der Waals surface area contributed by atoms with E-state index >= 15 is 0 Å². The Labute approximate surface area is 227 Å². The molecular weight excluding hydrogens is 529 g/mol. The van der Waals surface area contributed by atoms with Gasteiger partial charge in [-0.05, 0) is 36.8 Å². The van der Waals surface area contributed by atoms with E-state index in [0.717, 1.165) is 17.3 Å². The number of pyridine rings is 1. The van der Waals surface area contributed by atoms with Gasteiger partial charge in [-0.15, -0.1) is 0 Å². The molecule has 12 heteroatoms. The summed E-state index contributed by atoms with van der Waals surface area (Å²) in [6.45, 7) is 3.84. The second-order valence-corrected chi connectivity index (χ2v) is 10.6. The summed E-state index contributed by atoms with van der Waals surface area (Å²) >= 11 is 6.34. The van der Waals surface area contributed by atoms with Gasteiger partial charge in [0.05, 0.1) is 22.6 Å². The first kappa shape index (κ1) is 25.9. The molecular formula is C26H24FN5O4S2. The number of amides is 1. The maximum Gasteiger partial charge on any atom is 0.305 e. The second-order valence-electron chi connectivity index (χ2n) is 8.94. The van der Waals surface area contributed by atoms with Crippen molar-refractivity contribution in [1.29, 1.82) is 0 Å². The highest BCUT2D eigenvalue weighted by Gasteiger charge is 2.33. The van der Waals surface area contributed by atoms with E-state index in [0.29, 0.717) is 43.3 Å². The summed E-state index contributed by atoms with van der Waals surface area (Å²) < 4.78 is 16.0. The highest BCUT2D eigenvalue weighted by atomic mass is 32.2. The van der Waals surface area contributed by atoms with Crippen molar-refractivity contribution in [2.75, 3.05) is 42.5 Å². The molecule has 1 aromatic carbocycles. The molecule has 4 heterocycles. The number of rotatable bonds is 6. The molecule has 0 radical (unpaired) electrons. The number of carbonyl (C=O) groups excluding carboxylic acids is 1. The summed E-state index contributed by atoms with van der Waals surface area (Å²) in [4.78, 5) is 48.0. The molecule has 2 fully saturated rings. The molecule has 2 aliphatic heterocycles. The van der Waals surface area contributed by atoms with Gasteiger partial charge >= 0.3 is 5.97 Å². The summed E-state index contributed by atoms with van der Waals surface area (Å²) in [5, 5.41) is 9.01. The number of thioether (sulfide) groups is 1. The monoisotopic (exact) mass is 553 g/mol. The van der Waals surface area contributed by atoms with E-state index in [1.165, 1.54) is 21.4 Å². The molecule has 196 valence electrons. The van der Waals surface area contributed by atoms with Crippen LogP contribution in [0.4, 0.5) is 15.9 Å². The predicted molar refractivity (Wildman–Crippen MR) is 149 cm³/mol. The fraction of sp³-hybridized carbons (Fsp3) is 0.269. The van der Waals surface area contributed by atoms with E-state index in [1.54, 1.807) is 30.5 Å². The molecule has 0 spiro atoms. The Morgan fingerprint density at radius 3 is 2.55 bits per heavy atom. The number of hydrogen-bond acceptors (Lipinski definition) is 8. The number of hydrogen-bond donors (Lipinski definition) is 1. The fourth-order valence-electron chi connectivity index (χ4n) is 4.57. The SMILES string of the molecule is Cc1cccn2c(=O)c(/C=C3/SC(=S)N(CCC(=O)O)C3=O)c(N3CCN(c4ccccc4F)CC3)nc12. The molecule has 2 aliphatic rings. The van der Waals surface area contributed by atoms with Crippen molar-refractivity contribution in [3.63, 3.8) is 0 Å². The summed E-state index contributed by atoms with van der Waals surface area (Å²) in [5.41, 5.74) is 1.77. The highest BCUT2D eigenvalue weighted by molar-refractivity contribution is 8.26. The fourth-order valence-corrected chi connectivity index (χ4v) is 5.86. The first-order chi connectivity index (χ1) is 18.2. The average molecular weight is 554 g/mol. The Balaban J connectivity index is 1.52. The van der Waals surface area contributed by atoms with Crippen LogP contribution >= 0.6 is 24.0 Å². The minimum atomic E-state index is -1.04. The summed E-state index contributed by atoms with van der Waals surface area (Å²) in [6.07, 6.45) is 2.90. The van der Waals surface area contributed by atoms with Gasteiger partial charge in [0, 0.05) is 38.9 Å². The van der Waals surface area contributed by atoms with Crippen molar-refractivity contribution in [3.05, 3.63) is 74.8 Å². The van der Waals surface area contributed by atoms with Crippen LogP contribution in [0.2, 0.25) is 0 Å². The third-order valence-electron chi connectivity index (χ3n) is 6.53. The van der Waals surface area contributed by atoms with Crippen LogP contribution in [-0.2, 0) is 9.59 Å².